The normalized spacial score (nSPS) is 13.9. The average molecular weight is 313 g/mol. The highest BCUT2D eigenvalue weighted by atomic mass is 16.6. The molecule has 7 heteroatoms. The quantitative estimate of drug-likeness (QED) is 0.584. The van der Waals surface area contributed by atoms with E-state index in [1.54, 1.807) is 6.92 Å². The molecule has 0 aliphatic rings. The molecule has 0 spiro atoms. The summed E-state index contributed by atoms with van der Waals surface area (Å²) in [6.45, 7) is 3.88. The van der Waals surface area contributed by atoms with Crippen molar-refractivity contribution < 1.29 is 37.4 Å². The number of carbonyl (C=O) groups is 3. The van der Waals surface area contributed by atoms with Crippen LogP contribution in [-0.4, -0.2) is 31.6 Å². The summed E-state index contributed by atoms with van der Waals surface area (Å²) >= 11 is 0. The van der Waals surface area contributed by atoms with Gasteiger partial charge >= 0.3 is 17.9 Å². The van der Waals surface area contributed by atoms with Gasteiger partial charge in [-0.25, -0.2) is 4.79 Å². The van der Waals surface area contributed by atoms with Crippen LogP contribution in [-0.2, 0) is 23.9 Å². The van der Waals surface area contributed by atoms with E-state index in [4.69, 9.17) is 23.1 Å². The van der Waals surface area contributed by atoms with Crippen molar-refractivity contribution in [2.75, 3.05) is 13.6 Å². The van der Waals surface area contributed by atoms with Gasteiger partial charge in [0, 0.05) is 19.4 Å². The monoisotopic (exact) mass is 313 g/mol. The van der Waals surface area contributed by atoms with Crippen LogP contribution < -0.4 is 9.47 Å². The number of benzene rings is 1. The molecule has 120 valence electrons. The van der Waals surface area contributed by atoms with Crippen molar-refractivity contribution in [1.82, 2.24) is 0 Å². The first-order valence-corrected chi connectivity index (χ1v) is 6.38. The minimum Gasteiger partial charge on any atom is -0.493 e. The molecule has 1 unspecified atom stereocenters. The lowest BCUT2D eigenvalue weighted by molar-refractivity contribution is -0.167. The molecule has 0 saturated carbocycles. The van der Waals surface area contributed by atoms with E-state index >= 15 is 0 Å². The fourth-order valence-electron chi connectivity index (χ4n) is 1.64. The fourth-order valence-corrected chi connectivity index (χ4v) is 1.64. The number of esters is 3. The molecule has 0 N–H and O–H groups in total. The maximum Gasteiger partial charge on any atom is 0.352 e. The highest BCUT2D eigenvalue weighted by Gasteiger charge is 2.26. The van der Waals surface area contributed by atoms with Gasteiger partial charge in [-0.1, -0.05) is 6.07 Å². The number of ether oxygens (including phenoxy) is 4. The van der Waals surface area contributed by atoms with Crippen molar-refractivity contribution in [1.29, 1.82) is 0 Å². The predicted molar refractivity (Wildman–Crippen MR) is 75.4 cm³/mol. The SMILES string of the molecule is [2H]C([2H])([2H])Oc1cc(C(OC(C)=O)C(=O)OCC)ccc1OC(C)=O. The van der Waals surface area contributed by atoms with Crippen LogP contribution in [0.2, 0.25) is 0 Å². The van der Waals surface area contributed by atoms with Crippen LogP contribution in [0.25, 0.3) is 0 Å². The van der Waals surface area contributed by atoms with Gasteiger partial charge in [0.15, 0.2) is 11.5 Å². The molecule has 7 nitrogen and oxygen atoms in total. The van der Waals surface area contributed by atoms with Gasteiger partial charge in [0.2, 0.25) is 6.10 Å². The second-order valence-electron chi connectivity index (χ2n) is 4.14. The van der Waals surface area contributed by atoms with Gasteiger partial charge in [-0.15, -0.1) is 0 Å². The van der Waals surface area contributed by atoms with Gasteiger partial charge in [-0.3, -0.25) is 9.59 Å². The summed E-state index contributed by atoms with van der Waals surface area (Å²) in [5.74, 6) is -2.73. The molecule has 1 aromatic rings. The Hall–Kier alpha value is -2.57. The Balaban J connectivity index is 3.31. The molecular formula is C15H18O7. The Morgan fingerprint density at radius 3 is 2.45 bits per heavy atom. The summed E-state index contributed by atoms with van der Waals surface area (Å²) < 4.78 is 41.0. The van der Waals surface area contributed by atoms with Gasteiger partial charge in [0.25, 0.3) is 0 Å². The molecule has 0 heterocycles. The summed E-state index contributed by atoms with van der Waals surface area (Å²) in [7, 11) is -2.83. The number of rotatable bonds is 6. The van der Waals surface area contributed by atoms with Crippen LogP contribution >= 0.6 is 0 Å². The lowest BCUT2D eigenvalue weighted by atomic mass is 10.1. The van der Waals surface area contributed by atoms with E-state index in [0.717, 1.165) is 19.9 Å². The van der Waals surface area contributed by atoms with Crippen LogP contribution in [0.1, 0.15) is 36.6 Å². The summed E-state index contributed by atoms with van der Waals surface area (Å²) in [6, 6.07) is 3.69. The molecule has 0 radical (unpaired) electrons. The topological polar surface area (TPSA) is 88.1 Å². The molecule has 0 fully saturated rings. The zero-order valence-corrected chi connectivity index (χ0v) is 12.4. The van der Waals surface area contributed by atoms with Crippen molar-refractivity contribution in [3.63, 3.8) is 0 Å². The third-order valence-corrected chi connectivity index (χ3v) is 2.42. The molecule has 22 heavy (non-hydrogen) atoms. The first-order valence-electron chi connectivity index (χ1n) is 7.88. The Labute approximate surface area is 132 Å². The van der Waals surface area contributed by atoms with Crippen LogP contribution in [0.5, 0.6) is 11.5 Å². The molecule has 0 amide bonds. The predicted octanol–water partition coefficient (Wildman–Crippen LogP) is 1.79. The van der Waals surface area contributed by atoms with E-state index in [2.05, 4.69) is 0 Å². The van der Waals surface area contributed by atoms with Crippen LogP contribution in [0.4, 0.5) is 0 Å². The van der Waals surface area contributed by atoms with E-state index < -0.39 is 31.0 Å². The Bertz CT molecular complexity index is 655. The maximum absolute atomic E-state index is 12.0. The van der Waals surface area contributed by atoms with Crippen molar-refractivity contribution in [3.8, 4) is 11.5 Å². The van der Waals surface area contributed by atoms with Gasteiger partial charge < -0.3 is 18.9 Å². The van der Waals surface area contributed by atoms with Gasteiger partial charge in [-0.05, 0) is 19.1 Å². The smallest absolute Gasteiger partial charge is 0.352 e. The van der Waals surface area contributed by atoms with E-state index in [9.17, 15) is 14.4 Å². The number of carbonyl (C=O) groups excluding carboxylic acids is 3. The van der Waals surface area contributed by atoms with Crippen LogP contribution in [0, 0.1) is 0 Å². The molecule has 0 aliphatic heterocycles. The second kappa shape index (κ2) is 8.02. The van der Waals surface area contributed by atoms with E-state index in [-0.39, 0.29) is 23.7 Å². The summed E-state index contributed by atoms with van der Waals surface area (Å²) in [5.41, 5.74) is 0.101. The first kappa shape index (κ1) is 13.1. The average Bonchev–Trinajstić information content (AvgIpc) is 2.44. The van der Waals surface area contributed by atoms with Gasteiger partial charge in [-0.2, -0.15) is 0 Å². The van der Waals surface area contributed by atoms with E-state index in [1.165, 1.54) is 12.1 Å². The lowest BCUT2D eigenvalue weighted by Crippen LogP contribution is -2.21. The van der Waals surface area contributed by atoms with Crippen molar-refractivity contribution in [2.24, 2.45) is 0 Å². The second-order valence-corrected chi connectivity index (χ2v) is 4.14. The molecule has 0 aliphatic carbocycles. The number of methoxy groups -OCH3 is 1. The van der Waals surface area contributed by atoms with Crippen LogP contribution in [0.3, 0.4) is 0 Å². The van der Waals surface area contributed by atoms with E-state index in [1.807, 2.05) is 0 Å². The molecular weight excluding hydrogens is 292 g/mol. The number of hydrogen-bond donors (Lipinski definition) is 0. The lowest BCUT2D eigenvalue weighted by Gasteiger charge is -2.17. The largest absolute Gasteiger partial charge is 0.493 e. The van der Waals surface area contributed by atoms with Crippen molar-refractivity contribution >= 4 is 17.9 Å². The summed E-state index contributed by atoms with van der Waals surface area (Å²) in [6.07, 6.45) is -1.41. The Morgan fingerprint density at radius 1 is 1.18 bits per heavy atom. The molecule has 0 bridgehead atoms. The first-order chi connectivity index (χ1) is 11.5. The summed E-state index contributed by atoms with van der Waals surface area (Å²) in [5, 5.41) is 0. The minimum absolute atomic E-state index is 0.0563. The fraction of sp³-hybridized carbons (Fsp3) is 0.400. The molecule has 1 atom stereocenters. The summed E-state index contributed by atoms with van der Waals surface area (Å²) in [4.78, 5) is 34.4. The molecule has 1 aromatic carbocycles. The van der Waals surface area contributed by atoms with Crippen molar-refractivity contribution in [2.45, 2.75) is 26.9 Å². The van der Waals surface area contributed by atoms with Gasteiger partial charge in [0.05, 0.1) is 17.8 Å². The highest BCUT2D eigenvalue weighted by Crippen LogP contribution is 2.32. The molecule has 0 aromatic heterocycles. The molecule has 0 saturated heterocycles. The highest BCUT2D eigenvalue weighted by molar-refractivity contribution is 5.80. The zero-order chi connectivity index (χ0) is 19.2. The maximum atomic E-state index is 12.0. The van der Waals surface area contributed by atoms with Gasteiger partial charge in [0.1, 0.15) is 0 Å². The number of hydrogen-bond acceptors (Lipinski definition) is 7. The zero-order valence-electron chi connectivity index (χ0n) is 15.4. The molecule has 1 rings (SSSR count). The van der Waals surface area contributed by atoms with Crippen LogP contribution in [0.15, 0.2) is 18.2 Å². The minimum atomic E-state index is -2.83. The Kier molecular flexibility index (Phi) is 4.78. The Morgan fingerprint density at radius 2 is 1.91 bits per heavy atom. The third-order valence-electron chi connectivity index (χ3n) is 2.42. The third kappa shape index (κ3) is 4.76. The van der Waals surface area contributed by atoms with Crippen molar-refractivity contribution in [3.05, 3.63) is 23.8 Å². The standard InChI is InChI=1S/C15H18O7/c1-5-20-15(18)14(22-10(3)17)11-6-7-12(21-9(2)16)13(8-11)19-4/h6-8,14H,5H2,1-4H3/i4D3. The van der Waals surface area contributed by atoms with E-state index in [0.29, 0.717) is 0 Å².